The van der Waals surface area contributed by atoms with Crippen LogP contribution in [0.1, 0.15) is 5.56 Å². The molecule has 0 unspecified atom stereocenters. The molecule has 5 heteroatoms. The van der Waals surface area contributed by atoms with Gasteiger partial charge in [-0.15, -0.1) is 0 Å². The molecule has 3 aromatic rings. The van der Waals surface area contributed by atoms with Gasteiger partial charge in [0.15, 0.2) is 0 Å². The van der Waals surface area contributed by atoms with Gasteiger partial charge in [0.25, 0.3) is 0 Å². The summed E-state index contributed by atoms with van der Waals surface area (Å²) in [5.74, 6) is 1.45. The number of fused-ring (bicyclic) bond motifs is 1. The van der Waals surface area contributed by atoms with E-state index in [0.717, 1.165) is 33.7 Å². The molecule has 0 saturated carbocycles. The summed E-state index contributed by atoms with van der Waals surface area (Å²) in [4.78, 5) is 7.83. The number of ether oxygens (including phenoxy) is 1. The van der Waals surface area contributed by atoms with Gasteiger partial charge in [-0.1, -0.05) is 23.7 Å². The molecule has 0 aliphatic heterocycles. The first-order chi connectivity index (χ1) is 9.60. The van der Waals surface area contributed by atoms with Crippen LogP contribution in [0.25, 0.3) is 22.4 Å². The zero-order valence-electron chi connectivity index (χ0n) is 11.2. The number of nitrogens with two attached hydrogens (primary N) is 1. The number of halogens is 1. The summed E-state index contributed by atoms with van der Waals surface area (Å²) in [6.07, 6.45) is 0. The molecule has 0 amide bonds. The number of methoxy groups -OCH3 is 1. The molecule has 0 radical (unpaired) electrons. The van der Waals surface area contributed by atoms with Crippen LogP contribution in [-0.4, -0.2) is 17.1 Å². The average molecular weight is 288 g/mol. The fraction of sp³-hybridized carbons (Fsp3) is 0.133. The van der Waals surface area contributed by atoms with Crippen LogP contribution in [0.3, 0.4) is 0 Å². The van der Waals surface area contributed by atoms with Gasteiger partial charge in [-0.2, -0.15) is 0 Å². The van der Waals surface area contributed by atoms with Crippen LogP contribution in [-0.2, 0) is 0 Å². The van der Waals surface area contributed by atoms with Crippen LogP contribution < -0.4 is 10.5 Å². The van der Waals surface area contributed by atoms with Crippen molar-refractivity contribution < 1.29 is 4.74 Å². The quantitative estimate of drug-likeness (QED) is 0.705. The van der Waals surface area contributed by atoms with Gasteiger partial charge in [0, 0.05) is 23.4 Å². The first-order valence-electron chi connectivity index (χ1n) is 6.19. The maximum atomic E-state index is 6.23. The number of nitrogen functional groups attached to an aromatic ring is 1. The summed E-state index contributed by atoms with van der Waals surface area (Å²) in [6.45, 7) is 1.97. The van der Waals surface area contributed by atoms with E-state index in [1.165, 1.54) is 0 Å². The summed E-state index contributed by atoms with van der Waals surface area (Å²) in [5, 5.41) is 0.559. The van der Waals surface area contributed by atoms with Gasteiger partial charge in [0.1, 0.15) is 17.1 Å². The van der Waals surface area contributed by atoms with E-state index in [9.17, 15) is 0 Å². The Bertz CT molecular complexity index is 795. The van der Waals surface area contributed by atoms with Crippen molar-refractivity contribution in [2.45, 2.75) is 6.92 Å². The highest BCUT2D eigenvalue weighted by molar-refractivity contribution is 6.35. The van der Waals surface area contributed by atoms with Gasteiger partial charge >= 0.3 is 0 Å². The fourth-order valence-electron chi connectivity index (χ4n) is 2.21. The summed E-state index contributed by atoms with van der Waals surface area (Å²) in [6, 6.07) is 9.39. The standard InChI is InChI=1S/C15H14ClN3O/c1-8-10(4-3-5-12(8)17)15-18-13-7-9(20-2)6-11(16)14(13)19-15/h3-7H,17H2,1-2H3,(H,18,19). The van der Waals surface area contributed by atoms with Crippen molar-refractivity contribution >= 4 is 28.3 Å². The maximum Gasteiger partial charge on any atom is 0.138 e. The van der Waals surface area contributed by atoms with Crippen LogP contribution in [0.5, 0.6) is 5.75 Å². The molecular formula is C15H14ClN3O. The summed E-state index contributed by atoms with van der Waals surface area (Å²) in [5.41, 5.74) is 10.2. The van der Waals surface area contributed by atoms with E-state index in [2.05, 4.69) is 9.97 Å². The minimum absolute atomic E-state index is 0.559. The molecule has 0 spiro atoms. The molecule has 0 bridgehead atoms. The van der Waals surface area contributed by atoms with E-state index >= 15 is 0 Å². The molecule has 1 heterocycles. The number of hydrogen-bond acceptors (Lipinski definition) is 3. The highest BCUT2D eigenvalue weighted by Gasteiger charge is 2.12. The molecule has 3 rings (SSSR count). The molecule has 2 aromatic carbocycles. The Hall–Kier alpha value is -2.20. The van der Waals surface area contributed by atoms with E-state index in [0.29, 0.717) is 10.8 Å². The Morgan fingerprint density at radius 2 is 2.10 bits per heavy atom. The molecule has 3 N–H and O–H groups in total. The van der Waals surface area contributed by atoms with Crippen molar-refractivity contribution in [3.05, 3.63) is 40.9 Å². The number of H-pyrrole nitrogens is 1. The minimum atomic E-state index is 0.559. The van der Waals surface area contributed by atoms with E-state index in [4.69, 9.17) is 22.1 Å². The molecule has 1 aromatic heterocycles. The number of rotatable bonds is 2. The van der Waals surface area contributed by atoms with Crippen molar-refractivity contribution in [1.29, 1.82) is 0 Å². The number of nitrogens with zero attached hydrogens (tertiary/aromatic N) is 1. The molecule has 0 saturated heterocycles. The number of aromatic nitrogens is 2. The van der Waals surface area contributed by atoms with Gasteiger partial charge in [-0.3, -0.25) is 0 Å². The normalized spacial score (nSPS) is 10.9. The molecule has 0 aliphatic carbocycles. The van der Waals surface area contributed by atoms with Crippen LogP contribution >= 0.6 is 11.6 Å². The smallest absolute Gasteiger partial charge is 0.138 e. The van der Waals surface area contributed by atoms with Gasteiger partial charge in [0.2, 0.25) is 0 Å². The summed E-state index contributed by atoms with van der Waals surface area (Å²) >= 11 is 6.23. The van der Waals surface area contributed by atoms with Crippen molar-refractivity contribution in [2.24, 2.45) is 0 Å². The topological polar surface area (TPSA) is 63.9 Å². The van der Waals surface area contributed by atoms with E-state index < -0.39 is 0 Å². The molecule has 20 heavy (non-hydrogen) atoms. The third-order valence-electron chi connectivity index (χ3n) is 3.38. The second-order valence-electron chi connectivity index (χ2n) is 4.61. The molecule has 0 aliphatic rings. The van der Waals surface area contributed by atoms with Crippen molar-refractivity contribution in [2.75, 3.05) is 12.8 Å². The zero-order chi connectivity index (χ0) is 14.3. The van der Waals surface area contributed by atoms with E-state index in [-0.39, 0.29) is 0 Å². The predicted octanol–water partition coefficient (Wildman–Crippen LogP) is 3.78. The molecular weight excluding hydrogens is 274 g/mol. The lowest BCUT2D eigenvalue weighted by atomic mass is 10.1. The van der Waals surface area contributed by atoms with Gasteiger partial charge in [0.05, 0.1) is 17.6 Å². The minimum Gasteiger partial charge on any atom is -0.497 e. The monoisotopic (exact) mass is 287 g/mol. The van der Waals surface area contributed by atoms with E-state index in [1.54, 1.807) is 13.2 Å². The van der Waals surface area contributed by atoms with Crippen LogP contribution in [0.2, 0.25) is 5.02 Å². The largest absolute Gasteiger partial charge is 0.497 e. The SMILES string of the molecule is COc1cc(Cl)c2nc(-c3cccc(N)c3C)[nH]c2c1. The zero-order valence-corrected chi connectivity index (χ0v) is 12.0. The number of anilines is 1. The lowest BCUT2D eigenvalue weighted by Crippen LogP contribution is -1.92. The molecule has 0 atom stereocenters. The number of benzene rings is 2. The Morgan fingerprint density at radius 3 is 2.85 bits per heavy atom. The van der Waals surface area contributed by atoms with Gasteiger partial charge in [-0.25, -0.2) is 4.98 Å². The second-order valence-corrected chi connectivity index (χ2v) is 5.02. The Morgan fingerprint density at radius 1 is 1.30 bits per heavy atom. The van der Waals surface area contributed by atoms with Gasteiger partial charge in [-0.05, 0) is 18.6 Å². The lowest BCUT2D eigenvalue weighted by Gasteiger charge is -2.04. The number of nitrogens with one attached hydrogen (secondary N) is 1. The molecule has 0 fully saturated rings. The average Bonchev–Trinajstić information content (AvgIpc) is 2.86. The highest BCUT2D eigenvalue weighted by atomic mass is 35.5. The Kier molecular flexibility index (Phi) is 3.03. The summed E-state index contributed by atoms with van der Waals surface area (Å²) in [7, 11) is 1.61. The number of aromatic amines is 1. The lowest BCUT2D eigenvalue weighted by molar-refractivity contribution is 0.415. The maximum absolute atomic E-state index is 6.23. The summed E-state index contributed by atoms with van der Waals surface area (Å²) < 4.78 is 5.21. The second kappa shape index (κ2) is 4.72. The van der Waals surface area contributed by atoms with Gasteiger partial charge < -0.3 is 15.5 Å². The Balaban J connectivity index is 2.23. The third-order valence-corrected chi connectivity index (χ3v) is 3.67. The highest BCUT2D eigenvalue weighted by Crippen LogP contribution is 2.31. The third kappa shape index (κ3) is 1.98. The number of hydrogen-bond donors (Lipinski definition) is 2. The Labute approximate surface area is 121 Å². The van der Waals surface area contributed by atoms with Crippen molar-refractivity contribution in [1.82, 2.24) is 9.97 Å². The van der Waals surface area contributed by atoms with Crippen LogP contribution in [0, 0.1) is 6.92 Å². The first-order valence-corrected chi connectivity index (χ1v) is 6.56. The predicted molar refractivity (Wildman–Crippen MR) is 82.2 cm³/mol. The number of imidazole rings is 1. The molecule has 102 valence electrons. The molecule has 4 nitrogen and oxygen atoms in total. The van der Waals surface area contributed by atoms with Crippen molar-refractivity contribution in [3.8, 4) is 17.1 Å². The van der Waals surface area contributed by atoms with Crippen molar-refractivity contribution in [3.63, 3.8) is 0 Å². The van der Waals surface area contributed by atoms with Crippen LogP contribution in [0.4, 0.5) is 5.69 Å². The first kappa shape index (κ1) is 12.8. The van der Waals surface area contributed by atoms with Crippen LogP contribution in [0.15, 0.2) is 30.3 Å². The fourth-order valence-corrected chi connectivity index (χ4v) is 2.46. The van der Waals surface area contributed by atoms with E-state index in [1.807, 2.05) is 31.2 Å².